The summed E-state index contributed by atoms with van der Waals surface area (Å²) in [4.78, 5) is 23.3. The quantitative estimate of drug-likeness (QED) is 0.239. The highest BCUT2D eigenvalue weighted by molar-refractivity contribution is 7.22. The van der Waals surface area contributed by atoms with Crippen molar-refractivity contribution in [3.8, 4) is 11.1 Å². The third-order valence-electron chi connectivity index (χ3n) is 8.32. The number of carbonyl (C=O) groups is 1. The molecule has 3 aromatic carbocycles. The van der Waals surface area contributed by atoms with Crippen LogP contribution in [-0.4, -0.2) is 61.2 Å². The van der Waals surface area contributed by atoms with Crippen LogP contribution in [-0.2, 0) is 10.2 Å². The van der Waals surface area contributed by atoms with Crippen LogP contribution in [0.5, 0.6) is 0 Å². The summed E-state index contributed by atoms with van der Waals surface area (Å²) in [6.07, 6.45) is -1.39. The summed E-state index contributed by atoms with van der Waals surface area (Å²) in [6, 6.07) is 23.5. The van der Waals surface area contributed by atoms with Gasteiger partial charge in [0.15, 0.2) is 5.13 Å². The molecule has 41 heavy (non-hydrogen) atoms. The molecule has 4 aromatic rings. The van der Waals surface area contributed by atoms with E-state index in [1.165, 1.54) is 4.70 Å². The van der Waals surface area contributed by atoms with Gasteiger partial charge in [0.05, 0.1) is 10.2 Å². The second-order valence-electron chi connectivity index (χ2n) is 10.9. The van der Waals surface area contributed by atoms with Gasteiger partial charge >= 0.3 is 6.18 Å². The zero-order valence-corrected chi connectivity index (χ0v) is 23.6. The number of halogens is 3. The molecule has 0 atom stereocenters. The molecule has 1 amide bonds. The molecule has 1 saturated heterocycles. The van der Waals surface area contributed by atoms with E-state index in [2.05, 4.69) is 27.2 Å². The van der Waals surface area contributed by atoms with E-state index in [0.29, 0.717) is 6.42 Å². The number of anilines is 1. The molecule has 0 bridgehead atoms. The van der Waals surface area contributed by atoms with Gasteiger partial charge < -0.3 is 15.1 Å². The standard InChI is InChI=1S/C32H33F3N4OS/c33-32(34,35)22-36-29(40)31(25-12-3-1-10-23(25)24-11-2-4-13-26(24)31)16-7-8-17-38-18-9-19-39(21-20-38)30-37-27-14-5-6-15-28(27)41-30/h1-6,10-15H,7-9,16-22H2,(H,36,40). The van der Waals surface area contributed by atoms with Crippen LogP contribution in [0.15, 0.2) is 72.8 Å². The first-order chi connectivity index (χ1) is 19.8. The first-order valence-corrected chi connectivity index (χ1v) is 15.0. The smallest absolute Gasteiger partial charge is 0.347 e. The zero-order chi connectivity index (χ0) is 28.5. The Kier molecular flexibility index (Phi) is 7.74. The molecule has 9 heteroatoms. The number of alkyl halides is 3. The predicted molar refractivity (Wildman–Crippen MR) is 158 cm³/mol. The number of carbonyl (C=O) groups excluding carboxylic acids is 1. The van der Waals surface area contributed by atoms with Crippen molar-refractivity contribution in [2.45, 2.75) is 37.3 Å². The van der Waals surface area contributed by atoms with Crippen LogP contribution in [0.1, 0.15) is 36.8 Å². The highest BCUT2D eigenvalue weighted by atomic mass is 32.1. The summed E-state index contributed by atoms with van der Waals surface area (Å²) in [5.41, 5.74) is 3.34. The highest BCUT2D eigenvalue weighted by Gasteiger charge is 2.49. The van der Waals surface area contributed by atoms with Crippen molar-refractivity contribution in [3.63, 3.8) is 0 Å². The van der Waals surface area contributed by atoms with E-state index in [-0.39, 0.29) is 0 Å². The van der Waals surface area contributed by atoms with Crippen molar-refractivity contribution < 1.29 is 18.0 Å². The minimum atomic E-state index is -4.47. The van der Waals surface area contributed by atoms with Gasteiger partial charge in [0.2, 0.25) is 5.91 Å². The van der Waals surface area contributed by atoms with Gasteiger partial charge in [-0.1, -0.05) is 78.4 Å². The molecule has 1 N–H and O–H groups in total. The molecule has 5 nitrogen and oxygen atoms in total. The van der Waals surface area contributed by atoms with Gasteiger partial charge in [-0.3, -0.25) is 4.79 Å². The van der Waals surface area contributed by atoms with Crippen LogP contribution in [0.3, 0.4) is 0 Å². The fourth-order valence-electron chi connectivity index (χ4n) is 6.39. The molecular weight excluding hydrogens is 545 g/mol. The van der Waals surface area contributed by atoms with E-state index in [0.717, 1.165) is 84.9 Å². The molecule has 0 radical (unpaired) electrons. The van der Waals surface area contributed by atoms with Crippen LogP contribution in [0.4, 0.5) is 18.3 Å². The van der Waals surface area contributed by atoms with Crippen molar-refractivity contribution in [1.29, 1.82) is 0 Å². The van der Waals surface area contributed by atoms with Crippen LogP contribution in [0.25, 0.3) is 21.3 Å². The fourth-order valence-corrected chi connectivity index (χ4v) is 7.41. The Balaban J connectivity index is 1.14. The third-order valence-corrected chi connectivity index (χ3v) is 9.42. The summed E-state index contributed by atoms with van der Waals surface area (Å²) in [7, 11) is 0. The number of para-hydroxylation sites is 1. The van der Waals surface area contributed by atoms with E-state index >= 15 is 0 Å². The summed E-state index contributed by atoms with van der Waals surface area (Å²) < 4.78 is 40.6. The number of hydrogen-bond donors (Lipinski definition) is 1. The lowest BCUT2D eigenvalue weighted by atomic mass is 9.73. The number of hydrogen-bond acceptors (Lipinski definition) is 5. The molecule has 1 aromatic heterocycles. The number of aromatic nitrogens is 1. The van der Waals surface area contributed by atoms with Crippen molar-refractivity contribution in [3.05, 3.63) is 83.9 Å². The molecule has 2 heterocycles. The second kappa shape index (κ2) is 11.4. The number of nitrogens with one attached hydrogen (secondary N) is 1. The lowest BCUT2D eigenvalue weighted by molar-refractivity contribution is -0.141. The van der Waals surface area contributed by atoms with Gasteiger partial charge in [0.25, 0.3) is 0 Å². The summed E-state index contributed by atoms with van der Waals surface area (Å²) in [6.45, 7) is 3.34. The average Bonchev–Trinajstić information content (AvgIpc) is 3.43. The number of nitrogens with zero attached hydrogens (tertiary/aromatic N) is 3. The summed E-state index contributed by atoms with van der Waals surface area (Å²) in [5.74, 6) is -0.575. The summed E-state index contributed by atoms with van der Waals surface area (Å²) >= 11 is 1.73. The molecule has 214 valence electrons. The Labute approximate surface area is 242 Å². The van der Waals surface area contributed by atoms with Crippen LogP contribution in [0.2, 0.25) is 0 Å². The maximum absolute atomic E-state index is 13.7. The largest absolute Gasteiger partial charge is 0.405 e. The Bertz CT molecular complexity index is 1460. The molecule has 6 rings (SSSR count). The molecule has 1 aliphatic heterocycles. The lowest BCUT2D eigenvalue weighted by Gasteiger charge is -2.31. The van der Waals surface area contributed by atoms with Gasteiger partial charge in [-0.15, -0.1) is 0 Å². The van der Waals surface area contributed by atoms with E-state index < -0.39 is 24.0 Å². The first kappa shape index (κ1) is 27.7. The van der Waals surface area contributed by atoms with Gasteiger partial charge in [0, 0.05) is 19.6 Å². The number of fused-ring (bicyclic) bond motifs is 4. The molecule has 2 aliphatic rings. The molecule has 1 fully saturated rings. The van der Waals surface area contributed by atoms with Crippen LogP contribution < -0.4 is 10.2 Å². The summed E-state index contributed by atoms with van der Waals surface area (Å²) in [5, 5.41) is 3.30. The zero-order valence-electron chi connectivity index (χ0n) is 22.8. The minimum Gasteiger partial charge on any atom is -0.347 e. The van der Waals surface area contributed by atoms with Crippen molar-refractivity contribution in [1.82, 2.24) is 15.2 Å². The van der Waals surface area contributed by atoms with Crippen LogP contribution >= 0.6 is 11.3 Å². The number of unbranched alkanes of at least 4 members (excludes halogenated alkanes) is 1. The van der Waals surface area contributed by atoms with Gasteiger partial charge in [0.1, 0.15) is 12.0 Å². The minimum absolute atomic E-state index is 0.455. The van der Waals surface area contributed by atoms with Crippen molar-refractivity contribution >= 4 is 32.6 Å². The normalized spacial score (nSPS) is 16.8. The maximum atomic E-state index is 13.7. The predicted octanol–water partition coefficient (Wildman–Crippen LogP) is 6.62. The topological polar surface area (TPSA) is 48.5 Å². The lowest BCUT2D eigenvalue weighted by Crippen LogP contribution is -2.47. The van der Waals surface area contributed by atoms with E-state index in [4.69, 9.17) is 4.98 Å². The molecule has 0 spiro atoms. The monoisotopic (exact) mass is 578 g/mol. The Hall–Kier alpha value is -3.43. The number of benzene rings is 3. The van der Waals surface area contributed by atoms with Gasteiger partial charge in [-0.05, 0) is 66.7 Å². The molecular formula is C32H33F3N4OS. The average molecular weight is 579 g/mol. The molecule has 1 aliphatic carbocycles. The van der Waals surface area contributed by atoms with Gasteiger partial charge in [-0.25, -0.2) is 4.98 Å². The van der Waals surface area contributed by atoms with Crippen molar-refractivity contribution in [2.24, 2.45) is 0 Å². The van der Waals surface area contributed by atoms with Crippen LogP contribution in [0, 0.1) is 0 Å². The van der Waals surface area contributed by atoms with E-state index in [1.807, 2.05) is 60.7 Å². The fraction of sp³-hybridized carbons (Fsp3) is 0.375. The number of rotatable bonds is 8. The maximum Gasteiger partial charge on any atom is 0.405 e. The Morgan fingerprint density at radius 2 is 1.56 bits per heavy atom. The number of thiazole rings is 1. The van der Waals surface area contributed by atoms with E-state index in [9.17, 15) is 18.0 Å². The first-order valence-electron chi connectivity index (χ1n) is 14.2. The Morgan fingerprint density at radius 3 is 2.27 bits per heavy atom. The third kappa shape index (κ3) is 5.57. The highest BCUT2D eigenvalue weighted by Crippen LogP contribution is 2.51. The number of amides is 1. The second-order valence-corrected chi connectivity index (χ2v) is 11.9. The van der Waals surface area contributed by atoms with Crippen molar-refractivity contribution in [2.75, 3.05) is 44.2 Å². The molecule has 0 saturated carbocycles. The van der Waals surface area contributed by atoms with E-state index in [1.54, 1.807) is 11.3 Å². The van der Waals surface area contributed by atoms with Gasteiger partial charge in [-0.2, -0.15) is 13.2 Å². The molecule has 0 unspecified atom stereocenters. The SMILES string of the molecule is O=C(NCC(F)(F)F)C1(CCCCN2CCCN(c3nc4ccccc4s3)CC2)c2ccccc2-c2ccccc21. The Morgan fingerprint density at radius 1 is 0.878 bits per heavy atom.